The zero-order valence-electron chi connectivity index (χ0n) is 9.65. The highest BCUT2D eigenvalue weighted by Gasteiger charge is 2.24. The molecule has 0 unspecified atom stereocenters. The molecule has 2 aliphatic heterocycles. The van der Waals surface area contributed by atoms with E-state index >= 15 is 0 Å². The van der Waals surface area contributed by atoms with Crippen LogP contribution in [0.3, 0.4) is 0 Å². The summed E-state index contributed by atoms with van der Waals surface area (Å²) in [5, 5.41) is 3.51. The van der Waals surface area contributed by atoms with Crippen molar-refractivity contribution in [3.8, 4) is 0 Å². The molecule has 5 heteroatoms. The van der Waals surface area contributed by atoms with Crippen LogP contribution >= 0.6 is 0 Å². The van der Waals surface area contributed by atoms with Gasteiger partial charge < -0.3 is 10.1 Å². The third kappa shape index (κ3) is 3.71. The Bertz CT molecular complexity index is 295. The lowest BCUT2D eigenvalue weighted by atomic mass is 9.99. The first kappa shape index (κ1) is 12.3. The molecule has 0 aromatic carbocycles. The van der Waals surface area contributed by atoms with Crippen LogP contribution in [0.25, 0.3) is 0 Å². The highest BCUT2D eigenvalue weighted by atomic mass is 32.2. The van der Waals surface area contributed by atoms with Gasteiger partial charge in [0.2, 0.25) is 0 Å². The van der Waals surface area contributed by atoms with Crippen LogP contribution in [0.2, 0.25) is 0 Å². The Kier molecular flexibility index (Phi) is 4.21. The van der Waals surface area contributed by atoms with Crippen LogP contribution < -0.4 is 5.32 Å². The molecule has 1 N–H and O–H groups in total. The first-order valence-electron chi connectivity index (χ1n) is 6.17. The van der Waals surface area contributed by atoms with Crippen LogP contribution in [-0.2, 0) is 14.6 Å². The summed E-state index contributed by atoms with van der Waals surface area (Å²) in [6, 6.07) is 0.409. The van der Waals surface area contributed by atoms with E-state index in [4.69, 9.17) is 4.74 Å². The van der Waals surface area contributed by atoms with E-state index in [2.05, 4.69) is 5.32 Å². The first-order valence-corrected chi connectivity index (χ1v) is 7.99. The summed E-state index contributed by atoms with van der Waals surface area (Å²) in [6.45, 7) is 2.78. The second-order valence-corrected chi connectivity index (χ2v) is 7.19. The topological polar surface area (TPSA) is 55.4 Å². The summed E-state index contributed by atoms with van der Waals surface area (Å²) in [4.78, 5) is 0. The normalized spacial score (nSPS) is 28.0. The van der Waals surface area contributed by atoms with E-state index in [1.165, 1.54) is 0 Å². The average Bonchev–Trinajstić information content (AvgIpc) is 2.29. The summed E-state index contributed by atoms with van der Waals surface area (Å²) in [6.07, 6.45) is 3.84. The van der Waals surface area contributed by atoms with Crippen molar-refractivity contribution in [3.05, 3.63) is 0 Å². The Morgan fingerprint density at radius 3 is 2.31 bits per heavy atom. The average molecular weight is 247 g/mol. The summed E-state index contributed by atoms with van der Waals surface area (Å²) in [5.74, 6) is 1.43. The largest absolute Gasteiger partial charge is 0.381 e. The van der Waals surface area contributed by atoms with E-state index in [0.29, 0.717) is 23.5 Å². The Morgan fingerprint density at radius 2 is 1.69 bits per heavy atom. The summed E-state index contributed by atoms with van der Waals surface area (Å²) in [7, 11) is -2.72. The molecule has 0 aromatic heterocycles. The van der Waals surface area contributed by atoms with Gasteiger partial charge in [0.05, 0.1) is 11.5 Å². The van der Waals surface area contributed by atoms with E-state index in [1.807, 2.05) is 0 Å². The van der Waals surface area contributed by atoms with Gasteiger partial charge in [0, 0.05) is 19.3 Å². The molecule has 16 heavy (non-hydrogen) atoms. The van der Waals surface area contributed by atoms with E-state index in [9.17, 15) is 8.42 Å². The van der Waals surface area contributed by atoms with Crippen molar-refractivity contribution in [1.29, 1.82) is 0 Å². The molecule has 0 radical (unpaired) electrons. The highest BCUT2D eigenvalue weighted by Crippen LogP contribution is 2.16. The van der Waals surface area contributed by atoms with Gasteiger partial charge >= 0.3 is 0 Å². The molecule has 2 saturated heterocycles. The van der Waals surface area contributed by atoms with Gasteiger partial charge in [-0.05, 0) is 38.1 Å². The fraction of sp³-hybridized carbons (Fsp3) is 1.00. The third-order valence-corrected chi connectivity index (χ3v) is 5.31. The standard InChI is InChI=1S/C11H21NO3S/c13-16(14)7-3-11(4-8-16)12-9-10-1-5-15-6-2-10/h10-12H,1-9H2. The molecule has 0 aromatic rings. The number of rotatable bonds is 3. The molecule has 0 amide bonds. The van der Waals surface area contributed by atoms with Crippen molar-refractivity contribution in [3.63, 3.8) is 0 Å². The quantitative estimate of drug-likeness (QED) is 0.792. The predicted octanol–water partition coefficient (Wildman–Crippen LogP) is 0.580. The molecule has 2 fully saturated rings. The maximum Gasteiger partial charge on any atom is 0.150 e. The molecule has 0 aliphatic carbocycles. The number of nitrogens with one attached hydrogen (secondary N) is 1. The molecule has 0 spiro atoms. The molecule has 2 heterocycles. The van der Waals surface area contributed by atoms with Crippen LogP contribution in [0.4, 0.5) is 0 Å². The predicted molar refractivity (Wildman–Crippen MR) is 63.2 cm³/mol. The molecule has 2 aliphatic rings. The van der Waals surface area contributed by atoms with Crippen LogP contribution in [0.15, 0.2) is 0 Å². The van der Waals surface area contributed by atoms with Crippen molar-refractivity contribution in [2.45, 2.75) is 31.7 Å². The number of sulfone groups is 1. The Morgan fingerprint density at radius 1 is 1.06 bits per heavy atom. The van der Waals surface area contributed by atoms with E-state index < -0.39 is 9.84 Å². The SMILES string of the molecule is O=S1(=O)CCC(NCC2CCOCC2)CC1. The van der Waals surface area contributed by atoms with Crippen molar-refractivity contribution in [1.82, 2.24) is 5.32 Å². The molecule has 0 atom stereocenters. The minimum atomic E-state index is -2.72. The van der Waals surface area contributed by atoms with Gasteiger partial charge in [0.15, 0.2) is 0 Å². The second kappa shape index (κ2) is 5.47. The second-order valence-electron chi connectivity index (χ2n) is 4.89. The van der Waals surface area contributed by atoms with Crippen LogP contribution in [-0.4, -0.2) is 45.7 Å². The molecule has 0 bridgehead atoms. The maximum atomic E-state index is 11.3. The minimum absolute atomic E-state index is 0.360. The van der Waals surface area contributed by atoms with E-state index in [0.717, 1.165) is 45.4 Å². The summed E-state index contributed by atoms with van der Waals surface area (Å²) >= 11 is 0. The Balaban J connectivity index is 1.67. The highest BCUT2D eigenvalue weighted by molar-refractivity contribution is 7.91. The maximum absolute atomic E-state index is 11.3. The van der Waals surface area contributed by atoms with Crippen LogP contribution in [0.1, 0.15) is 25.7 Å². The van der Waals surface area contributed by atoms with Crippen molar-refractivity contribution in [2.24, 2.45) is 5.92 Å². The minimum Gasteiger partial charge on any atom is -0.381 e. The van der Waals surface area contributed by atoms with Crippen molar-refractivity contribution in [2.75, 3.05) is 31.3 Å². The number of hydrogen-bond acceptors (Lipinski definition) is 4. The Labute approximate surface area is 97.7 Å². The van der Waals surface area contributed by atoms with Gasteiger partial charge in [-0.3, -0.25) is 0 Å². The van der Waals surface area contributed by atoms with Crippen LogP contribution in [0, 0.1) is 5.92 Å². The lowest BCUT2D eigenvalue weighted by Gasteiger charge is -2.27. The van der Waals surface area contributed by atoms with Gasteiger partial charge in [-0.15, -0.1) is 0 Å². The molecular formula is C11H21NO3S. The first-order chi connectivity index (χ1) is 7.66. The molecule has 94 valence electrons. The monoisotopic (exact) mass is 247 g/mol. The summed E-state index contributed by atoms with van der Waals surface area (Å²) < 4.78 is 27.8. The fourth-order valence-electron chi connectivity index (χ4n) is 2.38. The summed E-state index contributed by atoms with van der Waals surface area (Å²) in [5.41, 5.74) is 0. The van der Waals surface area contributed by atoms with E-state index in [-0.39, 0.29) is 0 Å². The van der Waals surface area contributed by atoms with Gasteiger partial charge in [-0.1, -0.05) is 0 Å². The molecule has 4 nitrogen and oxygen atoms in total. The zero-order chi connectivity index (χ0) is 11.4. The van der Waals surface area contributed by atoms with Crippen molar-refractivity contribution < 1.29 is 13.2 Å². The third-order valence-electron chi connectivity index (χ3n) is 3.59. The lowest BCUT2D eigenvalue weighted by Crippen LogP contribution is -2.40. The molecule has 0 saturated carbocycles. The van der Waals surface area contributed by atoms with Gasteiger partial charge in [0.1, 0.15) is 9.84 Å². The smallest absolute Gasteiger partial charge is 0.150 e. The fourth-order valence-corrected chi connectivity index (χ4v) is 3.87. The molecular weight excluding hydrogens is 226 g/mol. The lowest BCUT2D eigenvalue weighted by molar-refractivity contribution is 0.0653. The van der Waals surface area contributed by atoms with Gasteiger partial charge in [-0.25, -0.2) is 8.42 Å². The number of ether oxygens (including phenoxy) is 1. The Hall–Kier alpha value is -0.130. The number of hydrogen-bond donors (Lipinski definition) is 1. The zero-order valence-corrected chi connectivity index (χ0v) is 10.5. The van der Waals surface area contributed by atoms with Gasteiger partial charge in [0.25, 0.3) is 0 Å². The van der Waals surface area contributed by atoms with Gasteiger partial charge in [-0.2, -0.15) is 0 Å². The van der Waals surface area contributed by atoms with E-state index in [1.54, 1.807) is 0 Å². The van der Waals surface area contributed by atoms with Crippen LogP contribution in [0.5, 0.6) is 0 Å². The molecule has 2 rings (SSSR count). The van der Waals surface area contributed by atoms with Crippen molar-refractivity contribution >= 4 is 9.84 Å².